The Hall–Kier alpha value is -1.75. The molecule has 1 fully saturated rings. The fourth-order valence-electron chi connectivity index (χ4n) is 2.93. The monoisotopic (exact) mass is 293 g/mol. The van der Waals surface area contributed by atoms with Crippen molar-refractivity contribution < 1.29 is 19.4 Å². The maximum absolute atomic E-state index is 12.6. The van der Waals surface area contributed by atoms with E-state index in [1.807, 2.05) is 0 Å². The third-order valence-electron chi connectivity index (χ3n) is 4.14. The number of benzene rings is 1. The summed E-state index contributed by atoms with van der Waals surface area (Å²) >= 11 is 0. The highest BCUT2D eigenvalue weighted by Crippen LogP contribution is 2.32. The molecule has 0 saturated heterocycles. The van der Waals surface area contributed by atoms with Crippen LogP contribution in [-0.4, -0.2) is 37.4 Å². The Morgan fingerprint density at radius 1 is 1.24 bits per heavy atom. The molecule has 1 aromatic rings. The zero-order valence-electron chi connectivity index (χ0n) is 12.6. The van der Waals surface area contributed by atoms with E-state index in [9.17, 15) is 9.90 Å². The van der Waals surface area contributed by atoms with E-state index < -0.39 is 5.54 Å². The highest BCUT2D eigenvalue weighted by molar-refractivity contribution is 5.98. The molecule has 116 valence electrons. The van der Waals surface area contributed by atoms with Crippen LogP contribution in [0.5, 0.6) is 11.5 Å². The summed E-state index contributed by atoms with van der Waals surface area (Å²) in [6.45, 7) is -0.0367. The fraction of sp³-hybridized carbons (Fsp3) is 0.562. The molecule has 0 atom stereocenters. The largest absolute Gasteiger partial charge is 0.493 e. The molecular formula is C16H23NO4. The molecule has 2 rings (SSSR count). The number of carbonyl (C=O) groups excluding carboxylic acids is 1. The van der Waals surface area contributed by atoms with E-state index in [1.54, 1.807) is 18.2 Å². The van der Waals surface area contributed by atoms with Crippen molar-refractivity contribution in [3.05, 3.63) is 23.8 Å². The van der Waals surface area contributed by atoms with Crippen LogP contribution < -0.4 is 14.8 Å². The summed E-state index contributed by atoms with van der Waals surface area (Å²) in [7, 11) is 3.05. The van der Waals surface area contributed by atoms with Crippen molar-refractivity contribution >= 4 is 5.91 Å². The quantitative estimate of drug-likeness (QED) is 0.872. The van der Waals surface area contributed by atoms with Crippen LogP contribution in [0.25, 0.3) is 0 Å². The molecule has 1 aromatic carbocycles. The number of ether oxygens (including phenoxy) is 2. The lowest BCUT2D eigenvalue weighted by Gasteiger charge is -2.36. The molecule has 0 aromatic heterocycles. The van der Waals surface area contributed by atoms with Gasteiger partial charge in [0.15, 0.2) is 11.5 Å². The highest BCUT2D eigenvalue weighted by Gasteiger charge is 2.34. The fourth-order valence-corrected chi connectivity index (χ4v) is 2.93. The van der Waals surface area contributed by atoms with Crippen molar-refractivity contribution in [2.75, 3.05) is 20.8 Å². The SMILES string of the molecule is COc1cccc(C(=O)NC2(CO)CCCCC2)c1OC. The Morgan fingerprint density at radius 2 is 1.95 bits per heavy atom. The number of carbonyl (C=O) groups is 1. The summed E-state index contributed by atoms with van der Waals surface area (Å²) in [6.07, 6.45) is 4.81. The minimum Gasteiger partial charge on any atom is -0.493 e. The van der Waals surface area contributed by atoms with Crippen molar-refractivity contribution in [1.82, 2.24) is 5.32 Å². The topological polar surface area (TPSA) is 67.8 Å². The first kappa shape index (κ1) is 15.6. The van der Waals surface area contributed by atoms with E-state index in [0.29, 0.717) is 17.1 Å². The number of aliphatic hydroxyl groups excluding tert-OH is 1. The number of hydrogen-bond donors (Lipinski definition) is 2. The van der Waals surface area contributed by atoms with Crippen molar-refractivity contribution in [3.8, 4) is 11.5 Å². The number of methoxy groups -OCH3 is 2. The molecule has 0 aliphatic heterocycles. The number of rotatable bonds is 5. The first-order chi connectivity index (χ1) is 10.2. The molecule has 0 spiro atoms. The van der Waals surface area contributed by atoms with Crippen molar-refractivity contribution in [3.63, 3.8) is 0 Å². The lowest BCUT2D eigenvalue weighted by molar-refractivity contribution is 0.0755. The van der Waals surface area contributed by atoms with Gasteiger partial charge in [0.1, 0.15) is 0 Å². The standard InChI is InChI=1S/C16H23NO4/c1-20-13-8-6-7-12(14(13)21-2)15(19)17-16(11-18)9-4-3-5-10-16/h6-8,18H,3-5,9-11H2,1-2H3,(H,17,19). The van der Waals surface area contributed by atoms with Crippen molar-refractivity contribution in [1.29, 1.82) is 0 Å². The van der Waals surface area contributed by atoms with Gasteiger partial charge in [-0.2, -0.15) is 0 Å². The summed E-state index contributed by atoms with van der Waals surface area (Å²) in [4.78, 5) is 12.6. The van der Waals surface area contributed by atoms with Gasteiger partial charge < -0.3 is 19.9 Å². The van der Waals surface area contributed by atoms with Gasteiger partial charge in [0.25, 0.3) is 5.91 Å². The van der Waals surface area contributed by atoms with E-state index in [2.05, 4.69) is 5.32 Å². The van der Waals surface area contributed by atoms with Crippen molar-refractivity contribution in [2.24, 2.45) is 0 Å². The predicted octanol–water partition coefficient (Wildman–Crippen LogP) is 2.13. The summed E-state index contributed by atoms with van der Waals surface area (Å²) < 4.78 is 10.5. The third kappa shape index (κ3) is 3.29. The second-order valence-electron chi connectivity index (χ2n) is 5.49. The average Bonchev–Trinajstić information content (AvgIpc) is 2.54. The van der Waals surface area contributed by atoms with E-state index >= 15 is 0 Å². The number of aliphatic hydroxyl groups is 1. The minimum absolute atomic E-state index is 0.0367. The molecule has 5 nitrogen and oxygen atoms in total. The molecule has 1 amide bonds. The van der Waals surface area contributed by atoms with Crippen LogP contribution in [0, 0.1) is 0 Å². The van der Waals surface area contributed by atoms with Crippen LogP contribution in [0.3, 0.4) is 0 Å². The van der Waals surface area contributed by atoms with Gasteiger partial charge >= 0.3 is 0 Å². The molecule has 1 aliphatic rings. The minimum atomic E-state index is -0.510. The van der Waals surface area contributed by atoms with Crippen LogP contribution in [0.1, 0.15) is 42.5 Å². The van der Waals surface area contributed by atoms with Crippen LogP contribution in [0.2, 0.25) is 0 Å². The highest BCUT2D eigenvalue weighted by atomic mass is 16.5. The third-order valence-corrected chi connectivity index (χ3v) is 4.14. The van der Waals surface area contributed by atoms with E-state index in [0.717, 1.165) is 32.1 Å². The van der Waals surface area contributed by atoms with Crippen molar-refractivity contribution in [2.45, 2.75) is 37.6 Å². The van der Waals surface area contributed by atoms with Gasteiger partial charge in [-0.1, -0.05) is 25.3 Å². The number of hydrogen-bond acceptors (Lipinski definition) is 4. The Labute approximate surface area is 125 Å². The predicted molar refractivity (Wildman–Crippen MR) is 79.9 cm³/mol. The van der Waals surface area contributed by atoms with E-state index in [-0.39, 0.29) is 12.5 Å². The van der Waals surface area contributed by atoms with Gasteiger partial charge in [-0.05, 0) is 25.0 Å². The lowest BCUT2D eigenvalue weighted by atomic mass is 9.82. The van der Waals surface area contributed by atoms with Crippen LogP contribution in [0.15, 0.2) is 18.2 Å². The normalized spacial score (nSPS) is 17.1. The van der Waals surface area contributed by atoms with Gasteiger partial charge in [-0.3, -0.25) is 4.79 Å². The Bertz CT molecular complexity index is 495. The maximum Gasteiger partial charge on any atom is 0.255 e. The molecule has 0 unspecified atom stereocenters. The van der Waals surface area contributed by atoms with Crippen LogP contribution in [-0.2, 0) is 0 Å². The second kappa shape index (κ2) is 6.80. The molecule has 1 saturated carbocycles. The molecular weight excluding hydrogens is 270 g/mol. The molecule has 5 heteroatoms. The molecule has 1 aliphatic carbocycles. The second-order valence-corrected chi connectivity index (χ2v) is 5.49. The molecule has 0 heterocycles. The first-order valence-electron chi connectivity index (χ1n) is 7.30. The Balaban J connectivity index is 2.23. The summed E-state index contributed by atoms with van der Waals surface area (Å²) in [5.41, 5.74) is -0.0843. The lowest BCUT2D eigenvalue weighted by Crippen LogP contribution is -2.52. The summed E-state index contributed by atoms with van der Waals surface area (Å²) in [5.74, 6) is 0.704. The van der Waals surface area contributed by atoms with Gasteiger partial charge in [0.05, 0.1) is 31.9 Å². The smallest absolute Gasteiger partial charge is 0.255 e. The maximum atomic E-state index is 12.6. The van der Waals surface area contributed by atoms with E-state index in [4.69, 9.17) is 9.47 Å². The number of para-hydroxylation sites is 1. The molecule has 2 N–H and O–H groups in total. The van der Waals surface area contributed by atoms with Gasteiger partial charge in [0.2, 0.25) is 0 Å². The number of nitrogens with one attached hydrogen (secondary N) is 1. The van der Waals surface area contributed by atoms with E-state index in [1.165, 1.54) is 14.2 Å². The molecule has 0 bridgehead atoms. The Kier molecular flexibility index (Phi) is 5.07. The molecule has 0 radical (unpaired) electrons. The van der Waals surface area contributed by atoms with Gasteiger partial charge in [-0.15, -0.1) is 0 Å². The zero-order valence-corrected chi connectivity index (χ0v) is 12.6. The average molecular weight is 293 g/mol. The molecule has 21 heavy (non-hydrogen) atoms. The van der Waals surface area contributed by atoms with Gasteiger partial charge in [0, 0.05) is 0 Å². The summed E-state index contributed by atoms with van der Waals surface area (Å²) in [6, 6.07) is 5.20. The van der Waals surface area contributed by atoms with Gasteiger partial charge in [-0.25, -0.2) is 0 Å². The zero-order chi connectivity index (χ0) is 15.3. The van der Waals surface area contributed by atoms with Crippen LogP contribution in [0.4, 0.5) is 0 Å². The van der Waals surface area contributed by atoms with Crippen LogP contribution >= 0.6 is 0 Å². The Morgan fingerprint density at radius 3 is 2.52 bits per heavy atom. The number of amides is 1. The summed E-state index contributed by atoms with van der Waals surface area (Å²) in [5, 5.41) is 12.7. The first-order valence-corrected chi connectivity index (χ1v) is 7.30.